The highest BCUT2D eigenvalue weighted by molar-refractivity contribution is 7.15. The molecule has 1 unspecified atom stereocenters. The zero-order chi connectivity index (χ0) is 13.8. The van der Waals surface area contributed by atoms with E-state index in [-0.39, 0.29) is 0 Å². The van der Waals surface area contributed by atoms with Crippen LogP contribution >= 0.6 is 11.3 Å². The van der Waals surface area contributed by atoms with Crippen LogP contribution in [-0.4, -0.2) is 28.1 Å². The van der Waals surface area contributed by atoms with Crippen molar-refractivity contribution in [1.82, 2.24) is 10.3 Å². The number of fused-ring (bicyclic) bond motifs is 1. The molecule has 2 amide bonds. The van der Waals surface area contributed by atoms with Crippen LogP contribution in [0.15, 0.2) is 0 Å². The molecule has 1 aliphatic carbocycles. The average molecular weight is 283 g/mol. The molecular formula is C12H17N3O3S. The largest absolute Gasteiger partial charge is 0.480 e. The summed E-state index contributed by atoms with van der Waals surface area (Å²) in [4.78, 5) is 28.1. The summed E-state index contributed by atoms with van der Waals surface area (Å²) >= 11 is 1.48. The second kappa shape index (κ2) is 6.01. The Kier molecular flexibility index (Phi) is 4.36. The van der Waals surface area contributed by atoms with Crippen molar-refractivity contribution in [2.75, 3.05) is 5.32 Å². The number of hydrogen-bond donors (Lipinski definition) is 3. The van der Waals surface area contributed by atoms with Crippen molar-refractivity contribution in [2.24, 2.45) is 0 Å². The Morgan fingerprint density at radius 2 is 2.16 bits per heavy atom. The lowest BCUT2D eigenvalue weighted by Gasteiger charge is -2.11. The molecule has 0 spiro atoms. The Labute approximate surface area is 115 Å². The molecule has 0 radical (unpaired) electrons. The molecular weight excluding hydrogens is 266 g/mol. The number of aromatic nitrogens is 1. The lowest BCUT2D eigenvalue weighted by molar-refractivity contribution is -0.139. The van der Waals surface area contributed by atoms with Crippen molar-refractivity contribution in [3.05, 3.63) is 10.6 Å². The van der Waals surface area contributed by atoms with Gasteiger partial charge in [0.05, 0.1) is 5.69 Å². The Morgan fingerprint density at radius 1 is 1.42 bits per heavy atom. The monoisotopic (exact) mass is 283 g/mol. The van der Waals surface area contributed by atoms with Gasteiger partial charge in [0, 0.05) is 4.88 Å². The number of carboxylic acid groups (broad SMARTS) is 1. The lowest BCUT2D eigenvalue weighted by Crippen LogP contribution is -2.42. The minimum atomic E-state index is -1.03. The van der Waals surface area contributed by atoms with Crippen LogP contribution < -0.4 is 10.6 Å². The molecule has 3 N–H and O–H groups in total. The first kappa shape index (κ1) is 13.8. The van der Waals surface area contributed by atoms with Crippen LogP contribution in [0.4, 0.5) is 9.93 Å². The maximum absolute atomic E-state index is 11.7. The predicted molar refractivity (Wildman–Crippen MR) is 72.6 cm³/mol. The molecule has 7 heteroatoms. The number of nitrogens with zero attached hydrogens (tertiary/aromatic N) is 1. The van der Waals surface area contributed by atoms with E-state index in [4.69, 9.17) is 5.11 Å². The first-order valence-electron chi connectivity index (χ1n) is 6.39. The third-order valence-electron chi connectivity index (χ3n) is 3.08. The minimum Gasteiger partial charge on any atom is -0.480 e. The topological polar surface area (TPSA) is 91.3 Å². The molecule has 1 aliphatic rings. The van der Waals surface area contributed by atoms with Crippen LogP contribution in [0.3, 0.4) is 0 Å². The highest BCUT2D eigenvalue weighted by Gasteiger charge is 2.20. The van der Waals surface area contributed by atoms with E-state index in [9.17, 15) is 9.59 Å². The smallest absolute Gasteiger partial charge is 0.326 e. The van der Waals surface area contributed by atoms with E-state index >= 15 is 0 Å². The number of hydrogen-bond acceptors (Lipinski definition) is 4. The number of aryl methyl sites for hydroxylation is 2. The summed E-state index contributed by atoms with van der Waals surface area (Å²) in [6.07, 6.45) is 4.62. The van der Waals surface area contributed by atoms with Crippen LogP contribution in [0, 0.1) is 0 Å². The van der Waals surface area contributed by atoms with E-state index in [1.807, 2.05) is 0 Å². The number of urea groups is 1. The van der Waals surface area contributed by atoms with Gasteiger partial charge in [0.2, 0.25) is 0 Å². The van der Waals surface area contributed by atoms with Gasteiger partial charge in [0.15, 0.2) is 5.13 Å². The zero-order valence-corrected chi connectivity index (χ0v) is 11.5. The summed E-state index contributed by atoms with van der Waals surface area (Å²) in [6, 6.07) is -1.38. The van der Waals surface area contributed by atoms with Crippen LogP contribution in [0.1, 0.15) is 36.8 Å². The van der Waals surface area contributed by atoms with Gasteiger partial charge >= 0.3 is 12.0 Å². The Bertz CT molecular complexity index is 463. The highest BCUT2D eigenvalue weighted by Crippen LogP contribution is 2.29. The van der Waals surface area contributed by atoms with Crippen LogP contribution in [-0.2, 0) is 17.6 Å². The fraction of sp³-hybridized carbons (Fsp3) is 0.583. The molecule has 6 nitrogen and oxygen atoms in total. The zero-order valence-electron chi connectivity index (χ0n) is 10.7. The van der Waals surface area contributed by atoms with Gasteiger partial charge < -0.3 is 10.4 Å². The quantitative estimate of drug-likeness (QED) is 0.788. The van der Waals surface area contributed by atoms with Gasteiger partial charge in [-0.15, -0.1) is 11.3 Å². The number of nitrogens with one attached hydrogen (secondary N) is 2. The maximum atomic E-state index is 11.7. The van der Waals surface area contributed by atoms with Crippen molar-refractivity contribution >= 4 is 28.5 Å². The predicted octanol–water partition coefficient (Wildman–Crippen LogP) is 2.01. The third-order valence-corrected chi connectivity index (χ3v) is 4.15. The number of aliphatic carboxylic acids is 1. The highest BCUT2D eigenvalue weighted by atomic mass is 32.1. The van der Waals surface area contributed by atoms with Gasteiger partial charge in [0.1, 0.15) is 6.04 Å². The van der Waals surface area contributed by atoms with E-state index in [2.05, 4.69) is 15.6 Å². The van der Waals surface area contributed by atoms with Gasteiger partial charge in [0.25, 0.3) is 0 Å². The summed E-state index contributed by atoms with van der Waals surface area (Å²) in [7, 11) is 0. The number of rotatable bonds is 4. The average Bonchev–Trinajstić information content (AvgIpc) is 2.77. The summed E-state index contributed by atoms with van der Waals surface area (Å²) in [5, 5.41) is 14.4. The standard InChI is InChI=1S/C12H17N3O3S/c1-2-7(10(16)17)13-11(18)15-12-14-8-5-3-4-6-9(8)19-12/h7H,2-6H2,1H3,(H,16,17)(H2,13,14,15,18). The minimum absolute atomic E-state index is 0.344. The van der Waals surface area contributed by atoms with Crippen LogP contribution in [0.25, 0.3) is 0 Å². The Hall–Kier alpha value is -1.63. The molecule has 0 saturated heterocycles. The number of carbonyl (C=O) groups excluding carboxylic acids is 1. The summed E-state index contributed by atoms with van der Waals surface area (Å²) in [6.45, 7) is 1.71. The summed E-state index contributed by atoms with van der Waals surface area (Å²) < 4.78 is 0. The molecule has 0 fully saturated rings. The molecule has 1 aromatic rings. The third kappa shape index (κ3) is 3.44. The van der Waals surface area contributed by atoms with Gasteiger partial charge in [-0.05, 0) is 32.1 Å². The Morgan fingerprint density at radius 3 is 2.79 bits per heavy atom. The normalized spacial score (nSPS) is 15.4. The van der Waals surface area contributed by atoms with E-state index in [1.165, 1.54) is 16.2 Å². The fourth-order valence-corrected chi connectivity index (χ4v) is 3.08. The molecule has 1 heterocycles. The number of anilines is 1. The molecule has 0 bridgehead atoms. The molecule has 2 rings (SSSR count). The maximum Gasteiger partial charge on any atom is 0.326 e. The van der Waals surface area contributed by atoms with E-state index < -0.39 is 18.0 Å². The van der Waals surface area contributed by atoms with Crippen molar-refractivity contribution in [2.45, 2.75) is 45.1 Å². The number of thiazole rings is 1. The van der Waals surface area contributed by atoms with E-state index in [0.29, 0.717) is 11.6 Å². The lowest BCUT2D eigenvalue weighted by atomic mass is 10.0. The molecule has 0 aromatic carbocycles. The first-order chi connectivity index (χ1) is 9.10. The second-order valence-electron chi connectivity index (χ2n) is 4.49. The molecule has 0 aliphatic heterocycles. The van der Waals surface area contributed by atoms with Gasteiger partial charge in [-0.3, -0.25) is 5.32 Å². The van der Waals surface area contributed by atoms with Crippen molar-refractivity contribution < 1.29 is 14.7 Å². The SMILES string of the molecule is CCC(NC(=O)Nc1nc2c(s1)CCCC2)C(=O)O. The molecule has 0 saturated carbocycles. The fourth-order valence-electron chi connectivity index (χ4n) is 2.04. The van der Waals surface area contributed by atoms with Crippen LogP contribution in [0.2, 0.25) is 0 Å². The molecule has 104 valence electrons. The van der Waals surface area contributed by atoms with Gasteiger partial charge in [-0.2, -0.15) is 0 Å². The van der Waals surface area contributed by atoms with Crippen LogP contribution in [0.5, 0.6) is 0 Å². The Balaban J connectivity index is 1.95. The second-order valence-corrected chi connectivity index (χ2v) is 5.58. The molecule has 1 atom stereocenters. The van der Waals surface area contributed by atoms with Crippen molar-refractivity contribution in [1.29, 1.82) is 0 Å². The molecule has 1 aromatic heterocycles. The van der Waals surface area contributed by atoms with Crippen molar-refractivity contribution in [3.63, 3.8) is 0 Å². The first-order valence-corrected chi connectivity index (χ1v) is 7.20. The summed E-state index contributed by atoms with van der Waals surface area (Å²) in [5.74, 6) is -1.03. The van der Waals surface area contributed by atoms with Gasteiger partial charge in [-0.25, -0.2) is 14.6 Å². The summed E-state index contributed by atoms with van der Waals surface area (Å²) in [5.41, 5.74) is 1.07. The van der Waals surface area contributed by atoms with Gasteiger partial charge in [-0.1, -0.05) is 6.92 Å². The van der Waals surface area contributed by atoms with Crippen molar-refractivity contribution in [3.8, 4) is 0 Å². The number of carboxylic acids is 1. The molecule has 19 heavy (non-hydrogen) atoms. The van der Waals surface area contributed by atoms with E-state index in [0.717, 1.165) is 31.4 Å². The van der Waals surface area contributed by atoms with E-state index in [1.54, 1.807) is 6.92 Å². The number of amides is 2. The number of carbonyl (C=O) groups is 2.